The van der Waals surface area contributed by atoms with E-state index < -0.39 is 0 Å². The minimum Gasteiger partial charge on any atom is -0.392 e. The Balaban J connectivity index is 2.17. The highest BCUT2D eigenvalue weighted by Crippen LogP contribution is 2.21. The highest BCUT2D eigenvalue weighted by Gasteiger charge is 2.08. The summed E-state index contributed by atoms with van der Waals surface area (Å²) >= 11 is 0. The summed E-state index contributed by atoms with van der Waals surface area (Å²) in [5.74, 6) is 0.762. The fourth-order valence-electron chi connectivity index (χ4n) is 2.00. The summed E-state index contributed by atoms with van der Waals surface area (Å²) in [5, 5.41) is 9.11. The quantitative estimate of drug-likeness (QED) is 0.722. The second-order valence-electron chi connectivity index (χ2n) is 4.26. The Bertz CT molecular complexity index is 703. The Hall–Kier alpha value is -2.20. The number of imidazole rings is 1. The highest BCUT2D eigenvalue weighted by molar-refractivity contribution is 5.79. The van der Waals surface area contributed by atoms with Gasteiger partial charge in [0, 0.05) is 6.20 Å². The fraction of sp³-hybridized carbons (Fsp3) is 0.143. The first kappa shape index (κ1) is 10.9. The summed E-state index contributed by atoms with van der Waals surface area (Å²) in [6.07, 6.45) is 1.76. The van der Waals surface area contributed by atoms with Gasteiger partial charge in [-0.1, -0.05) is 12.1 Å². The van der Waals surface area contributed by atoms with Crippen LogP contribution >= 0.6 is 0 Å². The van der Waals surface area contributed by atoms with E-state index in [1.807, 2.05) is 37.3 Å². The van der Waals surface area contributed by atoms with Crippen LogP contribution in [0.1, 0.15) is 11.1 Å². The Morgan fingerprint density at radius 2 is 2.17 bits per heavy atom. The second kappa shape index (κ2) is 4.23. The number of aliphatic hydroxyl groups is 1. The zero-order valence-electron chi connectivity index (χ0n) is 10.0. The Kier molecular flexibility index (Phi) is 2.57. The fourth-order valence-corrected chi connectivity index (χ4v) is 2.00. The van der Waals surface area contributed by atoms with E-state index in [1.165, 1.54) is 0 Å². The van der Waals surface area contributed by atoms with Gasteiger partial charge in [0.15, 0.2) is 5.82 Å². The van der Waals surface area contributed by atoms with Gasteiger partial charge in [-0.15, -0.1) is 0 Å². The number of H-pyrrole nitrogens is 1. The minimum atomic E-state index is 0.0285. The standard InChI is InChI=1S/C14H13N3O/c1-9-3-2-6-15-13(9)14-16-11-5-4-10(8-18)7-12(11)17-14/h2-7,18H,8H2,1H3,(H,16,17). The number of hydrogen-bond acceptors (Lipinski definition) is 3. The number of benzene rings is 1. The van der Waals surface area contributed by atoms with Crippen LogP contribution in [0.3, 0.4) is 0 Å². The zero-order valence-corrected chi connectivity index (χ0v) is 10.0. The molecule has 3 aromatic rings. The summed E-state index contributed by atoms with van der Waals surface area (Å²) in [6.45, 7) is 2.04. The number of aryl methyl sites for hydroxylation is 1. The van der Waals surface area contributed by atoms with Gasteiger partial charge in [0.05, 0.1) is 17.6 Å². The third-order valence-corrected chi connectivity index (χ3v) is 2.96. The molecule has 90 valence electrons. The molecular formula is C14H13N3O. The van der Waals surface area contributed by atoms with Crippen LogP contribution in [0.25, 0.3) is 22.6 Å². The van der Waals surface area contributed by atoms with Crippen molar-refractivity contribution in [1.82, 2.24) is 15.0 Å². The highest BCUT2D eigenvalue weighted by atomic mass is 16.3. The van der Waals surface area contributed by atoms with Gasteiger partial charge >= 0.3 is 0 Å². The normalized spacial score (nSPS) is 11.0. The SMILES string of the molecule is Cc1cccnc1-c1nc2cc(CO)ccc2[nH]1. The van der Waals surface area contributed by atoms with Gasteiger partial charge in [0.1, 0.15) is 5.69 Å². The van der Waals surface area contributed by atoms with Crippen molar-refractivity contribution in [2.45, 2.75) is 13.5 Å². The summed E-state index contributed by atoms with van der Waals surface area (Å²) in [6, 6.07) is 9.61. The number of aliphatic hydroxyl groups excluding tert-OH is 1. The molecule has 0 fully saturated rings. The Morgan fingerprint density at radius 3 is 2.94 bits per heavy atom. The van der Waals surface area contributed by atoms with Crippen LogP contribution in [-0.4, -0.2) is 20.1 Å². The van der Waals surface area contributed by atoms with E-state index in [9.17, 15) is 0 Å². The van der Waals surface area contributed by atoms with Gasteiger partial charge in [0.2, 0.25) is 0 Å². The monoisotopic (exact) mass is 239 g/mol. The number of nitrogens with zero attached hydrogens (tertiary/aromatic N) is 2. The van der Waals surface area contributed by atoms with E-state index in [1.54, 1.807) is 6.20 Å². The largest absolute Gasteiger partial charge is 0.392 e. The number of pyridine rings is 1. The number of nitrogens with one attached hydrogen (secondary N) is 1. The molecule has 0 bridgehead atoms. The van der Waals surface area contributed by atoms with Gasteiger partial charge in [-0.25, -0.2) is 4.98 Å². The maximum absolute atomic E-state index is 9.11. The van der Waals surface area contributed by atoms with E-state index in [2.05, 4.69) is 15.0 Å². The van der Waals surface area contributed by atoms with Crippen molar-refractivity contribution in [1.29, 1.82) is 0 Å². The van der Waals surface area contributed by atoms with Crippen molar-refractivity contribution in [3.05, 3.63) is 47.7 Å². The Morgan fingerprint density at radius 1 is 1.28 bits per heavy atom. The number of rotatable bonds is 2. The van der Waals surface area contributed by atoms with E-state index in [4.69, 9.17) is 5.11 Å². The van der Waals surface area contributed by atoms with E-state index in [0.717, 1.165) is 33.7 Å². The first-order chi connectivity index (χ1) is 8.78. The molecule has 0 spiro atoms. The number of aromatic amines is 1. The average molecular weight is 239 g/mol. The van der Waals surface area contributed by atoms with E-state index in [0.29, 0.717) is 0 Å². The van der Waals surface area contributed by atoms with Crippen molar-refractivity contribution in [3.8, 4) is 11.5 Å². The van der Waals surface area contributed by atoms with E-state index >= 15 is 0 Å². The van der Waals surface area contributed by atoms with Gasteiger partial charge < -0.3 is 10.1 Å². The van der Waals surface area contributed by atoms with Crippen LogP contribution in [0, 0.1) is 6.92 Å². The third-order valence-electron chi connectivity index (χ3n) is 2.96. The lowest BCUT2D eigenvalue weighted by Crippen LogP contribution is -1.88. The van der Waals surface area contributed by atoms with Crippen LogP contribution in [0.15, 0.2) is 36.5 Å². The molecule has 18 heavy (non-hydrogen) atoms. The predicted molar refractivity (Wildman–Crippen MR) is 70.0 cm³/mol. The Labute approximate surface area is 104 Å². The molecule has 0 unspecified atom stereocenters. The van der Waals surface area contributed by atoms with Crippen LogP contribution < -0.4 is 0 Å². The molecule has 2 aromatic heterocycles. The minimum absolute atomic E-state index is 0.0285. The maximum Gasteiger partial charge on any atom is 0.157 e. The molecule has 0 aliphatic rings. The topological polar surface area (TPSA) is 61.8 Å². The van der Waals surface area contributed by atoms with Crippen molar-refractivity contribution < 1.29 is 5.11 Å². The molecule has 3 rings (SSSR count). The summed E-state index contributed by atoms with van der Waals surface area (Å²) < 4.78 is 0. The molecule has 2 heterocycles. The molecular weight excluding hydrogens is 226 g/mol. The third kappa shape index (κ3) is 1.76. The lowest BCUT2D eigenvalue weighted by molar-refractivity contribution is 0.282. The maximum atomic E-state index is 9.11. The first-order valence-electron chi connectivity index (χ1n) is 5.79. The molecule has 0 saturated heterocycles. The predicted octanol–water partition coefficient (Wildman–Crippen LogP) is 2.43. The summed E-state index contributed by atoms with van der Waals surface area (Å²) in [7, 11) is 0. The smallest absolute Gasteiger partial charge is 0.157 e. The summed E-state index contributed by atoms with van der Waals surface area (Å²) in [5.41, 5.74) is 4.60. The first-order valence-corrected chi connectivity index (χ1v) is 5.79. The average Bonchev–Trinajstić information content (AvgIpc) is 2.81. The molecule has 0 amide bonds. The van der Waals surface area contributed by atoms with Gasteiger partial charge in [-0.2, -0.15) is 0 Å². The van der Waals surface area contributed by atoms with Gasteiger partial charge in [-0.3, -0.25) is 4.98 Å². The van der Waals surface area contributed by atoms with Gasteiger partial charge in [-0.05, 0) is 36.2 Å². The molecule has 0 atom stereocenters. The second-order valence-corrected chi connectivity index (χ2v) is 4.26. The van der Waals surface area contributed by atoms with Crippen LogP contribution in [0.2, 0.25) is 0 Å². The zero-order chi connectivity index (χ0) is 12.5. The lowest BCUT2D eigenvalue weighted by atomic mass is 10.2. The van der Waals surface area contributed by atoms with Crippen molar-refractivity contribution in [3.63, 3.8) is 0 Å². The molecule has 4 heteroatoms. The van der Waals surface area contributed by atoms with Crippen molar-refractivity contribution in [2.75, 3.05) is 0 Å². The van der Waals surface area contributed by atoms with Gasteiger partial charge in [0.25, 0.3) is 0 Å². The summed E-state index contributed by atoms with van der Waals surface area (Å²) in [4.78, 5) is 12.1. The molecule has 0 saturated carbocycles. The molecule has 0 aliphatic carbocycles. The molecule has 1 aromatic carbocycles. The van der Waals surface area contributed by atoms with Crippen LogP contribution in [-0.2, 0) is 6.61 Å². The molecule has 4 nitrogen and oxygen atoms in total. The van der Waals surface area contributed by atoms with E-state index in [-0.39, 0.29) is 6.61 Å². The van der Waals surface area contributed by atoms with Crippen LogP contribution in [0.5, 0.6) is 0 Å². The number of hydrogen-bond donors (Lipinski definition) is 2. The molecule has 0 radical (unpaired) electrons. The van der Waals surface area contributed by atoms with Crippen molar-refractivity contribution >= 4 is 11.0 Å². The number of fused-ring (bicyclic) bond motifs is 1. The van der Waals surface area contributed by atoms with Crippen LogP contribution in [0.4, 0.5) is 0 Å². The molecule has 0 aliphatic heterocycles. The lowest BCUT2D eigenvalue weighted by Gasteiger charge is -1.98. The number of aromatic nitrogens is 3. The molecule has 2 N–H and O–H groups in total. The van der Waals surface area contributed by atoms with Crippen molar-refractivity contribution in [2.24, 2.45) is 0 Å².